The van der Waals surface area contributed by atoms with Crippen molar-refractivity contribution in [2.24, 2.45) is 0 Å². The van der Waals surface area contributed by atoms with Crippen LogP contribution in [0.25, 0.3) is 0 Å². The van der Waals surface area contributed by atoms with Crippen LogP contribution in [-0.2, 0) is 0 Å². The van der Waals surface area contributed by atoms with Gasteiger partial charge >= 0.3 is 7.25 Å². The van der Waals surface area contributed by atoms with Crippen LogP contribution in [0.3, 0.4) is 0 Å². The van der Waals surface area contributed by atoms with Crippen LogP contribution in [0.2, 0.25) is 0 Å². The third kappa shape index (κ3) is 112. The first-order valence-electron chi connectivity index (χ1n) is 0.873. The predicted molar refractivity (Wildman–Crippen MR) is 21.9 cm³/mol. The Morgan fingerprint density at radius 3 is 0.857 bits per heavy atom. The Morgan fingerprint density at radius 2 is 0.857 bits per heavy atom. The molecule has 0 heterocycles. The minimum absolute atomic E-state index is 0. The van der Waals surface area contributed by atoms with E-state index in [1.807, 2.05) is 0 Å². The second kappa shape index (κ2) is 5.52. The van der Waals surface area contributed by atoms with Crippen molar-refractivity contribution in [2.75, 3.05) is 0 Å². The monoisotopic (exact) mass is 144 g/mol. The number of quaternary nitrogens is 1. The van der Waals surface area contributed by atoms with E-state index in [-0.39, 0.29) is 57.5 Å². The Kier molecular flexibility index (Phi) is 12.4. The zero-order chi connectivity index (χ0) is 4.50. The number of hydrogen-bond acceptors (Lipinski definition) is 0. The Morgan fingerprint density at radius 1 is 0.857 bits per heavy atom. The SMILES string of the molecule is F[B-](F)(F)F.[K].[NH4+]. The van der Waals surface area contributed by atoms with Crippen LogP contribution in [0.5, 0.6) is 0 Å². The fraction of sp³-hybridized carbons (Fsp3) is 0. The molecule has 7 heavy (non-hydrogen) atoms. The topological polar surface area (TPSA) is 36.5 Å². The number of rotatable bonds is 0. The normalized spacial score (nSPS) is 8.57. The zero-order valence-electron chi connectivity index (χ0n) is 4.09. The number of hydrogen-bond donors (Lipinski definition) is 1. The summed E-state index contributed by atoms with van der Waals surface area (Å²) in [6.45, 7) is 0. The van der Waals surface area contributed by atoms with Crippen molar-refractivity contribution in [3.63, 3.8) is 0 Å². The van der Waals surface area contributed by atoms with Crippen molar-refractivity contribution in [1.82, 2.24) is 6.15 Å². The molecule has 0 aromatic rings. The van der Waals surface area contributed by atoms with Crippen molar-refractivity contribution < 1.29 is 17.3 Å². The van der Waals surface area contributed by atoms with E-state index >= 15 is 0 Å². The molecule has 0 aliphatic rings. The number of halogens is 4. The predicted octanol–water partition coefficient (Wildman–Crippen LogP) is 1.30. The molecule has 4 N–H and O–H groups in total. The summed E-state index contributed by atoms with van der Waals surface area (Å²) >= 11 is 0. The largest absolute Gasteiger partial charge is 0.673 e. The summed E-state index contributed by atoms with van der Waals surface area (Å²) in [5.74, 6) is 0. The van der Waals surface area contributed by atoms with E-state index in [0.29, 0.717) is 0 Å². The van der Waals surface area contributed by atoms with E-state index in [1.165, 1.54) is 0 Å². The van der Waals surface area contributed by atoms with Gasteiger partial charge in [0.1, 0.15) is 0 Å². The van der Waals surface area contributed by atoms with Crippen molar-refractivity contribution >= 4 is 58.6 Å². The maximum Gasteiger partial charge on any atom is 0.673 e. The molecule has 0 aromatic carbocycles. The smallest absolute Gasteiger partial charge is 0.418 e. The average Bonchev–Trinajstić information content (AvgIpc) is 0.722. The summed E-state index contributed by atoms with van der Waals surface area (Å²) in [5, 5.41) is 0. The van der Waals surface area contributed by atoms with Crippen LogP contribution >= 0.6 is 0 Å². The van der Waals surface area contributed by atoms with E-state index in [0.717, 1.165) is 0 Å². The van der Waals surface area contributed by atoms with Crippen LogP contribution in [0.15, 0.2) is 0 Å². The molecule has 7 heteroatoms. The molecule has 0 aliphatic carbocycles. The Balaban J connectivity index is -0.0000000800. The Bertz CT molecular complexity index is 27.2. The Labute approximate surface area is 80.9 Å². The third-order valence-electron chi connectivity index (χ3n) is 0. The standard InChI is InChI=1S/BF4.K.H3N/c2-1(3,4)5;;/h;;1H3/q-1;;/p+1. The average molecular weight is 144 g/mol. The van der Waals surface area contributed by atoms with Crippen LogP contribution in [-0.4, -0.2) is 58.6 Å². The summed E-state index contributed by atoms with van der Waals surface area (Å²) in [7, 11) is -6.00. The van der Waals surface area contributed by atoms with Crippen LogP contribution in [0.4, 0.5) is 17.3 Å². The van der Waals surface area contributed by atoms with Gasteiger partial charge in [0.05, 0.1) is 0 Å². The second-order valence-electron chi connectivity index (χ2n) is 0.495. The van der Waals surface area contributed by atoms with E-state index in [2.05, 4.69) is 0 Å². The molecule has 1 nitrogen and oxygen atoms in total. The maximum absolute atomic E-state index is 9.75. The summed E-state index contributed by atoms with van der Waals surface area (Å²) < 4.78 is 39.0. The minimum Gasteiger partial charge on any atom is -0.418 e. The van der Waals surface area contributed by atoms with Gasteiger partial charge in [-0.05, 0) is 0 Å². The fourth-order valence-electron chi connectivity index (χ4n) is 0. The second-order valence-corrected chi connectivity index (χ2v) is 0.495. The molecule has 0 aliphatic heterocycles. The molecule has 1 radical (unpaired) electrons. The van der Waals surface area contributed by atoms with Crippen LogP contribution in [0, 0.1) is 0 Å². The molecule has 0 unspecified atom stereocenters. The van der Waals surface area contributed by atoms with Gasteiger partial charge in [-0.2, -0.15) is 0 Å². The molecule has 0 fully saturated rings. The van der Waals surface area contributed by atoms with E-state index in [4.69, 9.17) is 0 Å². The minimum atomic E-state index is -6.00. The van der Waals surface area contributed by atoms with Crippen molar-refractivity contribution in [1.29, 1.82) is 0 Å². The zero-order valence-corrected chi connectivity index (χ0v) is 7.21. The van der Waals surface area contributed by atoms with Gasteiger partial charge in [-0.25, -0.2) is 0 Å². The molecule has 0 rings (SSSR count). The first-order valence-corrected chi connectivity index (χ1v) is 0.873. The van der Waals surface area contributed by atoms with Crippen molar-refractivity contribution in [2.45, 2.75) is 0 Å². The summed E-state index contributed by atoms with van der Waals surface area (Å²) in [6, 6.07) is 0. The van der Waals surface area contributed by atoms with Gasteiger partial charge < -0.3 is 23.4 Å². The van der Waals surface area contributed by atoms with Crippen molar-refractivity contribution in [3.05, 3.63) is 0 Å². The molecule has 0 bridgehead atoms. The molecule has 0 atom stereocenters. The van der Waals surface area contributed by atoms with E-state index in [9.17, 15) is 17.3 Å². The van der Waals surface area contributed by atoms with Crippen molar-refractivity contribution in [3.8, 4) is 0 Å². The molecule has 41 valence electrons. The van der Waals surface area contributed by atoms with E-state index in [1.54, 1.807) is 0 Å². The van der Waals surface area contributed by atoms with Gasteiger partial charge in [-0.3, -0.25) is 0 Å². The van der Waals surface area contributed by atoms with E-state index < -0.39 is 7.25 Å². The van der Waals surface area contributed by atoms with Crippen LogP contribution in [0.1, 0.15) is 0 Å². The molecular weight excluding hydrogens is 140 g/mol. The first kappa shape index (κ1) is 15.8. The molecule has 0 saturated carbocycles. The van der Waals surface area contributed by atoms with Gasteiger partial charge in [0.25, 0.3) is 0 Å². The van der Waals surface area contributed by atoms with Gasteiger partial charge in [0, 0.05) is 51.4 Å². The van der Waals surface area contributed by atoms with Gasteiger partial charge in [-0.1, -0.05) is 0 Å². The Hall–Kier alpha value is 1.38. The molecular formula is H4BF4KN. The summed E-state index contributed by atoms with van der Waals surface area (Å²) in [4.78, 5) is 0. The maximum atomic E-state index is 9.75. The summed E-state index contributed by atoms with van der Waals surface area (Å²) in [6.07, 6.45) is 0. The molecule has 0 spiro atoms. The van der Waals surface area contributed by atoms with Gasteiger partial charge in [0.2, 0.25) is 0 Å². The quantitative estimate of drug-likeness (QED) is 0.392. The first-order chi connectivity index (χ1) is 2.00. The third-order valence-corrected chi connectivity index (χ3v) is 0. The fourth-order valence-corrected chi connectivity index (χ4v) is 0. The van der Waals surface area contributed by atoms with Gasteiger partial charge in [-0.15, -0.1) is 0 Å². The van der Waals surface area contributed by atoms with Gasteiger partial charge in [0.15, 0.2) is 0 Å². The molecule has 0 aromatic heterocycles. The molecule has 0 amide bonds. The van der Waals surface area contributed by atoms with Crippen LogP contribution < -0.4 is 6.15 Å². The molecule has 0 saturated heterocycles. The summed E-state index contributed by atoms with van der Waals surface area (Å²) in [5.41, 5.74) is 0.